The number of benzene rings is 2. The number of thiazole rings is 1. The van der Waals surface area contributed by atoms with Crippen LogP contribution in [0.4, 0.5) is 9.52 Å². The Balaban J connectivity index is 1.57. The molecule has 0 aliphatic carbocycles. The Morgan fingerprint density at radius 3 is 2.58 bits per heavy atom. The second-order valence-electron chi connectivity index (χ2n) is 5.24. The highest BCUT2D eigenvalue weighted by atomic mass is 32.1. The number of rotatable bonds is 6. The van der Waals surface area contributed by atoms with Gasteiger partial charge in [-0.15, -0.1) is 11.3 Å². The highest BCUT2D eigenvalue weighted by Crippen LogP contribution is 2.26. The van der Waals surface area contributed by atoms with Crippen LogP contribution in [-0.4, -0.2) is 23.4 Å². The van der Waals surface area contributed by atoms with Crippen LogP contribution >= 0.6 is 11.3 Å². The van der Waals surface area contributed by atoms with Gasteiger partial charge in [0.05, 0.1) is 5.69 Å². The van der Waals surface area contributed by atoms with Crippen LogP contribution in [0.2, 0.25) is 0 Å². The molecule has 8 heteroatoms. The van der Waals surface area contributed by atoms with Gasteiger partial charge in [0.1, 0.15) is 11.6 Å². The Bertz CT molecular complexity index is 941. The Hall–Kier alpha value is -3.26. The predicted molar refractivity (Wildman–Crippen MR) is 96.6 cm³/mol. The molecule has 0 saturated heterocycles. The minimum atomic E-state index is -0.538. The van der Waals surface area contributed by atoms with Crippen molar-refractivity contribution in [2.45, 2.75) is 0 Å². The Morgan fingerprint density at radius 1 is 1.15 bits per heavy atom. The number of amides is 2. The Morgan fingerprint density at radius 2 is 1.88 bits per heavy atom. The minimum absolute atomic E-state index is 0.232. The topological polar surface area (TPSA) is 94.3 Å². The van der Waals surface area contributed by atoms with Crippen LogP contribution in [-0.2, 0) is 4.79 Å². The number of halogens is 1. The molecular weight excluding hydrogens is 357 g/mol. The summed E-state index contributed by atoms with van der Waals surface area (Å²) in [5.74, 6) is -0.892. The molecule has 26 heavy (non-hydrogen) atoms. The summed E-state index contributed by atoms with van der Waals surface area (Å²) in [4.78, 5) is 27.2. The monoisotopic (exact) mass is 371 g/mol. The number of anilines is 1. The van der Waals surface area contributed by atoms with Gasteiger partial charge in [-0.1, -0.05) is 12.1 Å². The highest BCUT2D eigenvalue weighted by Gasteiger charge is 2.11. The molecule has 0 atom stereocenters. The van der Waals surface area contributed by atoms with E-state index in [0.29, 0.717) is 27.7 Å². The van der Waals surface area contributed by atoms with E-state index in [1.54, 1.807) is 35.7 Å². The van der Waals surface area contributed by atoms with Crippen molar-refractivity contribution in [3.05, 3.63) is 65.3 Å². The van der Waals surface area contributed by atoms with Gasteiger partial charge in [0, 0.05) is 16.5 Å². The van der Waals surface area contributed by atoms with E-state index < -0.39 is 11.8 Å². The zero-order valence-corrected chi connectivity index (χ0v) is 14.3. The van der Waals surface area contributed by atoms with Gasteiger partial charge in [0.25, 0.3) is 5.91 Å². The quantitative estimate of drug-likeness (QED) is 0.696. The summed E-state index contributed by atoms with van der Waals surface area (Å²) in [5.41, 5.74) is 6.32. The van der Waals surface area contributed by atoms with Crippen LogP contribution in [0.25, 0.3) is 11.3 Å². The fraction of sp³-hybridized carbons (Fsp3) is 0.0556. The van der Waals surface area contributed by atoms with Crippen molar-refractivity contribution in [3.63, 3.8) is 0 Å². The van der Waals surface area contributed by atoms with E-state index in [9.17, 15) is 14.0 Å². The molecule has 0 aliphatic heterocycles. The fourth-order valence-corrected chi connectivity index (χ4v) is 2.87. The first kappa shape index (κ1) is 17.6. The third kappa shape index (κ3) is 4.22. The second-order valence-corrected chi connectivity index (χ2v) is 6.10. The zero-order valence-electron chi connectivity index (χ0n) is 13.4. The normalized spacial score (nSPS) is 10.3. The van der Waals surface area contributed by atoms with E-state index in [0.717, 1.165) is 0 Å². The number of nitrogens with two attached hydrogens (primary N) is 1. The SMILES string of the molecule is NC(=O)c1ccc(OCC(=O)Nc2nc(-c3ccccc3F)cs2)cc1. The number of hydrogen-bond acceptors (Lipinski definition) is 5. The summed E-state index contributed by atoms with van der Waals surface area (Å²) >= 11 is 1.19. The fourth-order valence-electron chi connectivity index (χ4n) is 2.14. The van der Waals surface area contributed by atoms with E-state index in [-0.39, 0.29) is 12.4 Å². The van der Waals surface area contributed by atoms with E-state index in [1.165, 1.54) is 29.5 Å². The van der Waals surface area contributed by atoms with Crippen molar-refractivity contribution < 1.29 is 18.7 Å². The molecule has 1 aromatic heterocycles. The maximum atomic E-state index is 13.8. The molecular formula is C18H14FN3O3S. The van der Waals surface area contributed by atoms with Gasteiger partial charge in [-0.3, -0.25) is 14.9 Å². The van der Waals surface area contributed by atoms with Gasteiger partial charge in [-0.25, -0.2) is 9.37 Å². The third-order valence-corrected chi connectivity index (χ3v) is 4.17. The number of carbonyl (C=O) groups is 2. The van der Waals surface area contributed by atoms with Crippen LogP contribution in [0.1, 0.15) is 10.4 Å². The molecule has 3 aromatic rings. The molecule has 3 rings (SSSR count). The lowest BCUT2D eigenvalue weighted by molar-refractivity contribution is -0.118. The lowest BCUT2D eigenvalue weighted by atomic mass is 10.2. The zero-order chi connectivity index (χ0) is 18.5. The highest BCUT2D eigenvalue weighted by molar-refractivity contribution is 7.14. The van der Waals surface area contributed by atoms with Gasteiger partial charge in [-0.05, 0) is 36.4 Å². The molecule has 1 heterocycles. The second kappa shape index (κ2) is 7.75. The maximum absolute atomic E-state index is 13.8. The van der Waals surface area contributed by atoms with Crippen molar-refractivity contribution in [2.75, 3.05) is 11.9 Å². The van der Waals surface area contributed by atoms with Crippen LogP contribution < -0.4 is 15.8 Å². The van der Waals surface area contributed by atoms with Crippen LogP contribution in [0, 0.1) is 5.82 Å². The number of carbonyl (C=O) groups excluding carboxylic acids is 2. The van der Waals surface area contributed by atoms with E-state index in [2.05, 4.69) is 10.3 Å². The Labute approximate surface area is 152 Å². The van der Waals surface area contributed by atoms with Gasteiger partial charge < -0.3 is 10.5 Å². The largest absolute Gasteiger partial charge is 0.484 e. The van der Waals surface area contributed by atoms with Crippen LogP contribution in [0.3, 0.4) is 0 Å². The van der Waals surface area contributed by atoms with E-state index in [1.807, 2.05) is 0 Å². The molecule has 0 spiro atoms. The Kier molecular flexibility index (Phi) is 5.23. The lowest BCUT2D eigenvalue weighted by Crippen LogP contribution is -2.20. The van der Waals surface area contributed by atoms with Crippen LogP contribution in [0.5, 0.6) is 5.75 Å². The molecule has 0 aliphatic rings. The van der Waals surface area contributed by atoms with Gasteiger partial charge in [0.2, 0.25) is 5.91 Å². The number of nitrogens with one attached hydrogen (secondary N) is 1. The summed E-state index contributed by atoms with van der Waals surface area (Å²) in [7, 11) is 0. The molecule has 3 N–H and O–H groups in total. The molecule has 0 bridgehead atoms. The molecule has 0 saturated carbocycles. The first-order valence-electron chi connectivity index (χ1n) is 7.56. The number of hydrogen-bond donors (Lipinski definition) is 2. The molecule has 0 radical (unpaired) electrons. The number of primary amides is 1. The molecule has 2 aromatic carbocycles. The standard InChI is InChI=1S/C18H14FN3O3S/c19-14-4-2-1-3-13(14)15-10-26-18(21-15)22-16(23)9-25-12-7-5-11(6-8-12)17(20)24/h1-8,10H,9H2,(H2,20,24)(H,21,22,23). The summed E-state index contributed by atoms with van der Waals surface area (Å²) in [6.45, 7) is -0.232. The van der Waals surface area contributed by atoms with E-state index >= 15 is 0 Å². The summed E-state index contributed by atoms with van der Waals surface area (Å²) in [5, 5.41) is 4.61. The molecule has 132 valence electrons. The number of nitrogens with zero attached hydrogens (tertiary/aromatic N) is 1. The summed E-state index contributed by atoms with van der Waals surface area (Å²) < 4.78 is 19.1. The molecule has 2 amide bonds. The van der Waals surface area contributed by atoms with Crippen molar-refractivity contribution in [1.29, 1.82) is 0 Å². The number of aromatic nitrogens is 1. The minimum Gasteiger partial charge on any atom is -0.484 e. The maximum Gasteiger partial charge on any atom is 0.264 e. The van der Waals surface area contributed by atoms with Gasteiger partial charge in [-0.2, -0.15) is 0 Å². The average molecular weight is 371 g/mol. The molecule has 0 unspecified atom stereocenters. The first-order valence-corrected chi connectivity index (χ1v) is 8.44. The first-order chi connectivity index (χ1) is 12.5. The predicted octanol–water partition coefficient (Wildman–Crippen LogP) is 3.07. The van der Waals surface area contributed by atoms with E-state index in [4.69, 9.17) is 10.5 Å². The van der Waals surface area contributed by atoms with Gasteiger partial charge >= 0.3 is 0 Å². The summed E-state index contributed by atoms with van der Waals surface area (Å²) in [6, 6.07) is 12.4. The lowest BCUT2D eigenvalue weighted by Gasteiger charge is -2.06. The van der Waals surface area contributed by atoms with Crippen molar-refractivity contribution in [2.24, 2.45) is 5.73 Å². The third-order valence-electron chi connectivity index (χ3n) is 3.41. The van der Waals surface area contributed by atoms with Crippen molar-refractivity contribution >= 4 is 28.3 Å². The van der Waals surface area contributed by atoms with Crippen molar-refractivity contribution in [1.82, 2.24) is 4.98 Å². The summed E-state index contributed by atoms with van der Waals surface area (Å²) in [6.07, 6.45) is 0. The average Bonchev–Trinajstić information content (AvgIpc) is 3.09. The molecule has 6 nitrogen and oxygen atoms in total. The molecule has 0 fully saturated rings. The number of ether oxygens (including phenoxy) is 1. The van der Waals surface area contributed by atoms with Crippen LogP contribution in [0.15, 0.2) is 53.9 Å². The van der Waals surface area contributed by atoms with Crippen molar-refractivity contribution in [3.8, 4) is 17.0 Å². The smallest absolute Gasteiger partial charge is 0.264 e. The van der Waals surface area contributed by atoms with Gasteiger partial charge in [0.15, 0.2) is 11.7 Å².